The topological polar surface area (TPSA) is 67.8 Å². The molecule has 0 aliphatic heterocycles. The molecule has 0 atom stereocenters. The molecule has 0 spiro atoms. The number of hydrogen-bond donors (Lipinski definition) is 1. The van der Waals surface area contributed by atoms with Crippen molar-refractivity contribution in [2.75, 3.05) is 0 Å². The lowest BCUT2D eigenvalue weighted by Crippen LogP contribution is -2.12. The van der Waals surface area contributed by atoms with Gasteiger partial charge in [-0.3, -0.25) is 4.79 Å². The summed E-state index contributed by atoms with van der Waals surface area (Å²) in [7, 11) is 0. The SMILES string of the molecule is CC(=O)N/N=C\c1ccc(OC(=O)c2cccs2)cc1. The van der Waals surface area contributed by atoms with E-state index in [1.807, 2.05) is 5.38 Å². The highest BCUT2D eigenvalue weighted by atomic mass is 32.1. The summed E-state index contributed by atoms with van der Waals surface area (Å²) in [5.74, 6) is -0.150. The monoisotopic (exact) mass is 288 g/mol. The van der Waals surface area contributed by atoms with E-state index in [0.29, 0.717) is 10.6 Å². The van der Waals surface area contributed by atoms with E-state index in [0.717, 1.165) is 5.56 Å². The third-order valence-electron chi connectivity index (χ3n) is 2.25. The standard InChI is InChI=1S/C14H12N2O3S/c1-10(17)16-15-9-11-4-6-12(7-5-11)19-14(18)13-3-2-8-20-13/h2-9H,1H3,(H,16,17)/b15-9-. The lowest BCUT2D eigenvalue weighted by Gasteiger charge is -2.02. The molecule has 2 rings (SSSR count). The normalized spacial score (nSPS) is 10.4. The van der Waals surface area contributed by atoms with Crippen LogP contribution in [0.25, 0.3) is 0 Å². The van der Waals surface area contributed by atoms with Crippen molar-refractivity contribution in [3.8, 4) is 5.75 Å². The van der Waals surface area contributed by atoms with Gasteiger partial charge < -0.3 is 4.74 Å². The Balaban J connectivity index is 1.96. The zero-order chi connectivity index (χ0) is 14.4. The fourth-order valence-electron chi connectivity index (χ4n) is 1.37. The molecule has 1 aromatic carbocycles. The highest BCUT2D eigenvalue weighted by molar-refractivity contribution is 7.12. The number of thiophene rings is 1. The number of carbonyl (C=O) groups is 2. The maximum absolute atomic E-state index is 11.7. The second-order valence-electron chi connectivity index (χ2n) is 3.86. The summed E-state index contributed by atoms with van der Waals surface area (Å²) in [5, 5.41) is 5.56. The van der Waals surface area contributed by atoms with Crippen LogP contribution in [-0.2, 0) is 4.79 Å². The first kappa shape index (κ1) is 14.0. The van der Waals surface area contributed by atoms with Gasteiger partial charge in [0.15, 0.2) is 0 Å². The molecular formula is C14H12N2O3S. The van der Waals surface area contributed by atoms with E-state index in [1.165, 1.54) is 24.5 Å². The number of ether oxygens (including phenoxy) is 1. The average molecular weight is 288 g/mol. The number of amides is 1. The van der Waals surface area contributed by atoms with Crippen molar-refractivity contribution in [2.45, 2.75) is 6.92 Å². The summed E-state index contributed by atoms with van der Waals surface area (Å²) in [6.07, 6.45) is 1.51. The van der Waals surface area contributed by atoms with Crippen molar-refractivity contribution in [1.29, 1.82) is 0 Å². The van der Waals surface area contributed by atoms with Gasteiger partial charge in [-0.1, -0.05) is 6.07 Å². The quantitative estimate of drug-likeness (QED) is 0.406. The number of benzene rings is 1. The Hall–Kier alpha value is -2.47. The first-order valence-corrected chi connectivity index (χ1v) is 6.68. The summed E-state index contributed by atoms with van der Waals surface area (Å²) in [4.78, 5) is 22.9. The number of nitrogens with one attached hydrogen (secondary N) is 1. The molecule has 102 valence electrons. The van der Waals surface area contributed by atoms with Crippen LogP contribution in [0.4, 0.5) is 0 Å². The van der Waals surface area contributed by atoms with Gasteiger partial charge in [0.2, 0.25) is 5.91 Å². The summed E-state index contributed by atoms with van der Waals surface area (Å²) in [5.41, 5.74) is 3.09. The molecule has 1 amide bonds. The van der Waals surface area contributed by atoms with Crippen molar-refractivity contribution in [3.05, 3.63) is 52.2 Å². The smallest absolute Gasteiger partial charge is 0.353 e. The first-order valence-electron chi connectivity index (χ1n) is 5.80. The minimum Gasteiger partial charge on any atom is -0.422 e. The molecule has 0 fully saturated rings. The Morgan fingerprint density at radius 1 is 1.25 bits per heavy atom. The number of hydrazone groups is 1. The van der Waals surface area contributed by atoms with E-state index >= 15 is 0 Å². The van der Waals surface area contributed by atoms with E-state index in [4.69, 9.17) is 4.74 Å². The Morgan fingerprint density at radius 2 is 2.00 bits per heavy atom. The van der Waals surface area contributed by atoms with E-state index in [-0.39, 0.29) is 11.9 Å². The predicted molar refractivity (Wildman–Crippen MR) is 77.1 cm³/mol. The van der Waals surface area contributed by atoms with Gasteiger partial charge >= 0.3 is 5.97 Å². The molecule has 0 aliphatic rings. The number of hydrogen-bond acceptors (Lipinski definition) is 5. The summed E-state index contributed by atoms with van der Waals surface area (Å²) in [6.45, 7) is 1.38. The van der Waals surface area contributed by atoms with Crippen LogP contribution < -0.4 is 10.2 Å². The zero-order valence-electron chi connectivity index (χ0n) is 10.7. The summed E-state index contributed by atoms with van der Waals surface area (Å²) >= 11 is 1.33. The maximum Gasteiger partial charge on any atom is 0.353 e. The van der Waals surface area contributed by atoms with Crippen LogP contribution in [0.3, 0.4) is 0 Å². The summed E-state index contributed by atoms with van der Waals surface area (Å²) < 4.78 is 5.21. The fraction of sp³-hybridized carbons (Fsp3) is 0.0714. The van der Waals surface area contributed by atoms with Gasteiger partial charge in [-0.05, 0) is 41.3 Å². The predicted octanol–water partition coefficient (Wildman–Crippen LogP) is 2.44. The third-order valence-corrected chi connectivity index (χ3v) is 3.10. The minimum absolute atomic E-state index is 0.234. The Kier molecular flexibility index (Phi) is 4.62. The Morgan fingerprint density at radius 3 is 2.60 bits per heavy atom. The average Bonchev–Trinajstić information content (AvgIpc) is 2.94. The maximum atomic E-state index is 11.7. The second kappa shape index (κ2) is 6.63. The van der Waals surface area contributed by atoms with Gasteiger partial charge in [-0.2, -0.15) is 5.10 Å². The van der Waals surface area contributed by atoms with Crippen molar-refractivity contribution >= 4 is 29.4 Å². The van der Waals surface area contributed by atoms with E-state index in [2.05, 4.69) is 10.5 Å². The number of rotatable bonds is 4. The molecule has 6 heteroatoms. The van der Waals surface area contributed by atoms with Gasteiger partial charge in [0.05, 0.1) is 6.21 Å². The molecule has 0 unspecified atom stereocenters. The van der Waals surface area contributed by atoms with Crippen LogP contribution in [-0.4, -0.2) is 18.1 Å². The van der Waals surface area contributed by atoms with E-state index in [1.54, 1.807) is 36.4 Å². The van der Waals surface area contributed by atoms with Gasteiger partial charge in [0.1, 0.15) is 10.6 Å². The van der Waals surface area contributed by atoms with Crippen LogP contribution in [0.5, 0.6) is 5.75 Å². The van der Waals surface area contributed by atoms with Crippen molar-refractivity contribution in [3.63, 3.8) is 0 Å². The fourth-order valence-corrected chi connectivity index (χ4v) is 1.97. The largest absolute Gasteiger partial charge is 0.422 e. The van der Waals surface area contributed by atoms with Crippen LogP contribution in [0.2, 0.25) is 0 Å². The molecule has 0 bridgehead atoms. The molecule has 2 aromatic rings. The second-order valence-corrected chi connectivity index (χ2v) is 4.81. The molecule has 0 radical (unpaired) electrons. The Labute approximate surface area is 119 Å². The van der Waals surface area contributed by atoms with Crippen LogP contribution in [0.1, 0.15) is 22.2 Å². The minimum atomic E-state index is -0.375. The molecule has 5 nitrogen and oxygen atoms in total. The molecule has 1 heterocycles. The van der Waals surface area contributed by atoms with E-state index < -0.39 is 0 Å². The molecule has 1 aromatic heterocycles. The zero-order valence-corrected chi connectivity index (χ0v) is 11.5. The van der Waals surface area contributed by atoms with Crippen molar-refractivity contribution in [1.82, 2.24) is 5.43 Å². The van der Waals surface area contributed by atoms with E-state index in [9.17, 15) is 9.59 Å². The van der Waals surface area contributed by atoms with Gasteiger partial charge in [0.25, 0.3) is 0 Å². The molecule has 0 saturated heterocycles. The van der Waals surface area contributed by atoms with Crippen LogP contribution >= 0.6 is 11.3 Å². The summed E-state index contributed by atoms with van der Waals surface area (Å²) in [6, 6.07) is 10.3. The van der Waals surface area contributed by atoms with Crippen LogP contribution in [0.15, 0.2) is 46.9 Å². The van der Waals surface area contributed by atoms with Gasteiger partial charge in [0, 0.05) is 6.92 Å². The molecule has 0 aliphatic carbocycles. The number of carbonyl (C=O) groups excluding carboxylic acids is 2. The molecule has 0 saturated carbocycles. The lowest BCUT2D eigenvalue weighted by molar-refractivity contribution is -0.118. The molecule has 20 heavy (non-hydrogen) atoms. The highest BCUT2D eigenvalue weighted by Crippen LogP contribution is 2.16. The van der Waals surface area contributed by atoms with Crippen LogP contribution in [0, 0.1) is 0 Å². The van der Waals surface area contributed by atoms with Crippen molar-refractivity contribution in [2.24, 2.45) is 5.10 Å². The third kappa shape index (κ3) is 4.03. The number of nitrogens with zero attached hydrogens (tertiary/aromatic N) is 1. The van der Waals surface area contributed by atoms with Gasteiger partial charge in [-0.25, -0.2) is 10.2 Å². The lowest BCUT2D eigenvalue weighted by atomic mass is 10.2. The van der Waals surface area contributed by atoms with Crippen molar-refractivity contribution < 1.29 is 14.3 Å². The first-order chi connectivity index (χ1) is 9.65. The highest BCUT2D eigenvalue weighted by Gasteiger charge is 2.08. The molecule has 1 N–H and O–H groups in total. The Bertz CT molecular complexity index is 618. The van der Waals surface area contributed by atoms with Gasteiger partial charge in [-0.15, -0.1) is 11.3 Å². The molecular weight excluding hydrogens is 276 g/mol. The number of esters is 1.